The molecular formula is C27H25NO3S. The fourth-order valence-electron chi connectivity index (χ4n) is 2.90. The zero-order chi connectivity index (χ0) is 22.8. The van der Waals surface area contributed by atoms with Gasteiger partial charge in [-0.1, -0.05) is 77.8 Å². The number of hydrogen-bond acceptors (Lipinski definition) is 3. The van der Waals surface area contributed by atoms with E-state index in [1.807, 2.05) is 67.6 Å². The minimum atomic E-state index is -3.73. The van der Waals surface area contributed by atoms with E-state index in [1.165, 1.54) is 4.31 Å². The van der Waals surface area contributed by atoms with Crippen molar-refractivity contribution in [3.63, 3.8) is 0 Å². The Hall–Kier alpha value is -3.51. The topological polar surface area (TPSA) is 46.6 Å². The van der Waals surface area contributed by atoms with Crippen LogP contribution >= 0.6 is 0 Å². The van der Waals surface area contributed by atoms with Crippen LogP contribution in [-0.2, 0) is 10.0 Å². The van der Waals surface area contributed by atoms with Gasteiger partial charge in [0.1, 0.15) is 5.75 Å². The van der Waals surface area contributed by atoms with Crippen LogP contribution in [0.5, 0.6) is 5.75 Å². The molecule has 0 unspecified atom stereocenters. The summed E-state index contributed by atoms with van der Waals surface area (Å²) in [6.07, 6.45) is 11.7. The number of rotatable bonds is 5. The highest BCUT2D eigenvalue weighted by molar-refractivity contribution is 7.89. The van der Waals surface area contributed by atoms with Crippen LogP contribution in [0.15, 0.2) is 89.9 Å². The Balaban J connectivity index is 1.82. The first kappa shape index (κ1) is 23.2. The third-order valence-corrected chi connectivity index (χ3v) is 6.54. The largest absolute Gasteiger partial charge is 0.497 e. The molecule has 0 bridgehead atoms. The predicted octanol–water partition coefficient (Wildman–Crippen LogP) is 4.35. The average Bonchev–Trinajstić information content (AvgIpc) is 3.07. The molecule has 0 spiro atoms. The lowest BCUT2D eigenvalue weighted by Gasteiger charge is -2.17. The lowest BCUT2D eigenvalue weighted by Crippen LogP contribution is -2.32. The van der Waals surface area contributed by atoms with Crippen LogP contribution in [0.4, 0.5) is 0 Å². The van der Waals surface area contributed by atoms with Crippen molar-refractivity contribution in [2.75, 3.05) is 20.2 Å². The Bertz CT molecular complexity index is 1210. The highest BCUT2D eigenvalue weighted by Gasteiger charge is 2.23. The van der Waals surface area contributed by atoms with Gasteiger partial charge in [0.05, 0.1) is 31.0 Å². The predicted molar refractivity (Wildman–Crippen MR) is 128 cm³/mol. The van der Waals surface area contributed by atoms with E-state index in [2.05, 4.69) is 23.7 Å². The maximum Gasteiger partial charge on any atom is 0.244 e. The van der Waals surface area contributed by atoms with Crippen molar-refractivity contribution in [3.8, 4) is 29.4 Å². The smallest absolute Gasteiger partial charge is 0.244 e. The lowest BCUT2D eigenvalue weighted by molar-refractivity contribution is 0.415. The van der Waals surface area contributed by atoms with Crippen LogP contribution in [0, 0.1) is 36.5 Å². The summed E-state index contributed by atoms with van der Waals surface area (Å²) in [6.45, 7) is 2.01. The molecule has 162 valence electrons. The Kier molecular flexibility index (Phi) is 8.11. The molecule has 0 aliphatic heterocycles. The van der Waals surface area contributed by atoms with E-state index in [0.717, 1.165) is 16.9 Å². The second-order valence-electron chi connectivity index (χ2n) is 7.12. The molecule has 0 saturated carbocycles. The van der Waals surface area contributed by atoms with Crippen molar-refractivity contribution in [2.45, 2.75) is 11.8 Å². The van der Waals surface area contributed by atoms with Crippen LogP contribution in [0.25, 0.3) is 0 Å². The van der Waals surface area contributed by atoms with Gasteiger partial charge in [-0.2, -0.15) is 4.31 Å². The first-order chi connectivity index (χ1) is 15.5. The van der Waals surface area contributed by atoms with Gasteiger partial charge in [0, 0.05) is 5.56 Å². The number of hydrogen-bond donors (Lipinski definition) is 0. The molecule has 0 radical (unpaired) electrons. The van der Waals surface area contributed by atoms with Gasteiger partial charge in [0.25, 0.3) is 0 Å². The summed E-state index contributed by atoms with van der Waals surface area (Å²) in [7, 11) is -2.13. The van der Waals surface area contributed by atoms with Crippen LogP contribution in [0.1, 0.15) is 11.1 Å². The number of aryl methyl sites for hydroxylation is 1. The van der Waals surface area contributed by atoms with Gasteiger partial charge in [0.2, 0.25) is 10.0 Å². The number of methoxy groups -OCH3 is 1. The summed E-state index contributed by atoms with van der Waals surface area (Å²) in [5.41, 5.74) is 1.78. The summed E-state index contributed by atoms with van der Waals surface area (Å²) in [5.74, 6) is 12.8. The van der Waals surface area contributed by atoms with E-state index in [-0.39, 0.29) is 23.9 Å². The van der Waals surface area contributed by atoms with Gasteiger partial charge in [-0.15, -0.1) is 0 Å². The minimum Gasteiger partial charge on any atom is -0.497 e. The molecule has 0 N–H and O–H groups in total. The molecule has 2 aromatic rings. The number of allylic oxidation sites excluding steroid dienone is 6. The zero-order valence-corrected chi connectivity index (χ0v) is 19.0. The number of nitrogens with zero attached hydrogens (tertiary/aromatic N) is 1. The second kappa shape index (κ2) is 11.2. The van der Waals surface area contributed by atoms with Crippen LogP contribution in [-0.4, -0.2) is 32.9 Å². The fourth-order valence-corrected chi connectivity index (χ4v) is 4.14. The van der Waals surface area contributed by atoms with Gasteiger partial charge in [-0.25, -0.2) is 8.42 Å². The van der Waals surface area contributed by atoms with Crippen molar-refractivity contribution < 1.29 is 13.2 Å². The summed E-state index contributed by atoms with van der Waals surface area (Å²) < 4.78 is 32.9. The molecule has 0 saturated heterocycles. The summed E-state index contributed by atoms with van der Waals surface area (Å²) >= 11 is 0. The van der Waals surface area contributed by atoms with Gasteiger partial charge >= 0.3 is 0 Å². The summed E-state index contributed by atoms with van der Waals surface area (Å²) in [5, 5.41) is 0. The monoisotopic (exact) mass is 443 g/mol. The molecule has 0 aromatic heterocycles. The molecule has 0 heterocycles. The van der Waals surface area contributed by atoms with Gasteiger partial charge in [-0.05, 0) is 43.3 Å². The molecule has 2 aromatic carbocycles. The third-order valence-electron chi connectivity index (χ3n) is 4.73. The Morgan fingerprint density at radius 3 is 2.12 bits per heavy atom. The Morgan fingerprint density at radius 1 is 0.875 bits per heavy atom. The number of sulfonamides is 1. The summed E-state index contributed by atoms with van der Waals surface area (Å²) in [6, 6.07) is 14.1. The molecule has 1 aliphatic carbocycles. The molecule has 0 amide bonds. The van der Waals surface area contributed by atoms with E-state index < -0.39 is 10.0 Å². The first-order valence-electron chi connectivity index (χ1n) is 10.2. The van der Waals surface area contributed by atoms with Crippen molar-refractivity contribution in [1.82, 2.24) is 4.31 Å². The minimum absolute atomic E-state index is 0.0365. The highest BCUT2D eigenvalue weighted by Crippen LogP contribution is 2.16. The second-order valence-corrected chi connectivity index (χ2v) is 9.06. The van der Waals surface area contributed by atoms with Gasteiger partial charge in [0.15, 0.2) is 0 Å². The molecule has 4 nitrogen and oxygen atoms in total. The van der Waals surface area contributed by atoms with Crippen molar-refractivity contribution in [1.29, 1.82) is 0 Å². The maximum atomic E-state index is 13.2. The van der Waals surface area contributed by atoms with E-state index in [1.54, 1.807) is 31.4 Å². The zero-order valence-electron chi connectivity index (χ0n) is 18.2. The lowest BCUT2D eigenvalue weighted by atomic mass is 10.1. The number of benzene rings is 2. The van der Waals surface area contributed by atoms with Crippen LogP contribution in [0.2, 0.25) is 0 Å². The Morgan fingerprint density at radius 2 is 1.50 bits per heavy atom. The molecule has 0 fully saturated rings. The summed E-state index contributed by atoms with van der Waals surface area (Å²) in [4.78, 5) is 0.231. The number of ether oxygens (including phenoxy) is 1. The van der Waals surface area contributed by atoms with Crippen molar-refractivity contribution in [3.05, 3.63) is 96.1 Å². The maximum absolute atomic E-state index is 13.2. The molecular weight excluding hydrogens is 418 g/mol. The quantitative estimate of drug-likeness (QED) is 0.646. The SMILES string of the molecule is COc1ccc(C#CCN(CC#CC2C=CC=CC=C2)S(=O)(=O)c2ccc(C)cc2)cc1. The van der Waals surface area contributed by atoms with Crippen molar-refractivity contribution >= 4 is 10.0 Å². The normalized spacial score (nSPS) is 13.1. The van der Waals surface area contributed by atoms with E-state index in [4.69, 9.17) is 4.74 Å². The molecule has 1 aliphatic rings. The molecule has 5 heteroatoms. The van der Waals surface area contributed by atoms with E-state index in [9.17, 15) is 8.42 Å². The average molecular weight is 444 g/mol. The van der Waals surface area contributed by atoms with E-state index in [0.29, 0.717) is 0 Å². The highest BCUT2D eigenvalue weighted by atomic mass is 32.2. The molecule has 0 atom stereocenters. The van der Waals surface area contributed by atoms with Crippen LogP contribution in [0.3, 0.4) is 0 Å². The van der Waals surface area contributed by atoms with Gasteiger partial charge in [-0.3, -0.25) is 0 Å². The standard InChI is InChI=1S/C27H25NO3S/c1-23-13-19-27(20-14-23)32(29,30)28(21-7-11-24-9-5-3-4-6-10-24)22-8-12-25-15-17-26(31-2)18-16-25/h3-6,9-10,13-20,24H,21-22H2,1-2H3. The van der Waals surface area contributed by atoms with Crippen molar-refractivity contribution in [2.24, 2.45) is 5.92 Å². The van der Waals surface area contributed by atoms with Gasteiger partial charge < -0.3 is 4.74 Å². The molecule has 3 rings (SSSR count). The fraction of sp³-hybridized carbons (Fsp3) is 0.185. The molecule has 32 heavy (non-hydrogen) atoms. The third kappa shape index (κ3) is 6.49. The van der Waals surface area contributed by atoms with E-state index >= 15 is 0 Å². The van der Waals surface area contributed by atoms with Crippen LogP contribution < -0.4 is 4.74 Å². The first-order valence-corrected chi connectivity index (χ1v) is 11.6. The Labute approximate surface area is 191 Å².